The van der Waals surface area contributed by atoms with Crippen molar-refractivity contribution < 1.29 is 0 Å². The first-order valence-corrected chi connectivity index (χ1v) is 10.2. The van der Waals surface area contributed by atoms with E-state index < -0.39 is 0 Å². The molecular formula is C17H34N2S. The average molecular weight is 299 g/mol. The molecule has 1 N–H and O–H groups in total. The molecule has 0 aromatic rings. The van der Waals surface area contributed by atoms with E-state index in [1.807, 2.05) is 11.8 Å². The molecule has 0 amide bonds. The number of thioether (sulfide) groups is 1. The number of rotatable bonds is 7. The maximum absolute atomic E-state index is 3.84. The highest BCUT2D eigenvalue weighted by Crippen LogP contribution is 2.30. The SMILES string of the molecule is CCCC1CN(CCCSC)C(C2CCCCC2)CN1. The lowest BCUT2D eigenvalue weighted by Gasteiger charge is -2.45. The van der Waals surface area contributed by atoms with E-state index in [-0.39, 0.29) is 0 Å². The molecule has 1 aliphatic heterocycles. The summed E-state index contributed by atoms with van der Waals surface area (Å²) in [7, 11) is 0. The van der Waals surface area contributed by atoms with E-state index in [1.165, 1.54) is 76.8 Å². The van der Waals surface area contributed by atoms with Gasteiger partial charge in [-0.1, -0.05) is 32.6 Å². The second-order valence-electron chi connectivity index (χ2n) is 6.70. The molecule has 1 aliphatic carbocycles. The van der Waals surface area contributed by atoms with Crippen LogP contribution in [-0.4, -0.2) is 48.6 Å². The lowest BCUT2D eigenvalue weighted by Crippen LogP contribution is -2.59. The summed E-state index contributed by atoms with van der Waals surface area (Å²) < 4.78 is 0. The first-order valence-electron chi connectivity index (χ1n) is 8.81. The Hall–Kier alpha value is 0.270. The predicted octanol–water partition coefficient (Wildman–Crippen LogP) is 3.76. The van der Waals surface area contributed by atoms with Crippen molar-refractivity contribution in [2.75, 3.05) is 31.6 Å². The first kappa shape index (κ1) is 16.6. The van der Waals surface area contributed by atoms with E-state index in [2.05, 4.69) is 23.4 Å². The minimum atomic E-state index is 0.745. The minimum Gasteiger partial charge on any atom is -0.311 e. The Bertz CT molecular complexity index is 253. The maximum atomic E-state index is 3.84. The number of hydrogen-bond acceptors (Lipinski definition) is 3. The quantitative estimate of drug-likeness (QED) is 0.720. The predicted molar refractivity (Wildman–Crippen MR) is 91.6 cm³/mol. The van der Waals surface area contributed by atoms with Gasteiger partial charge in [0.05, 0.1) is 0 Å². The van der Waals surface area contributed by atoms with E-state index in [1.54, 1.807) is 0 Å². The van der Waals surface area contributed by atoms with Crippen LogP contribution >= 0.6 is 11.8 Å². The normalized spacial score (nSPS) is 29.7. The molecule has 0 radical (unpaired) electrons. The number of piperazine rings is 1. The summed E-state index contributed by atoms with van der Waals surface area (Å²) in [5.74, 6) is 2.29. The van der Waals surface area contributed by atoms with Crippen LogP contribution in [0.25, 0.3) is 0 Å². The summed E-state index contributed by atoms with van der Waals surface area (Å²) >= 11 is 2.00. The van der Waals surface area contributed by atoms with Gasteiger partial charge in [-0.05, 0) is 50.2 Å². The van der Waals surface area contributed by atoms with Crippen LogP contribution in [0.1, 0.15) is 58.3 Å². The molecule has 1 heterocycles. The molecule has 1 saturated carbocycles. The van der Waals surface area contributed by atoms with Crippen LogP contribution in [0.5, 0.6) is 0 Å². The molecule has 20 heavy (non-hydrogen) atoms. The van der Waals surface area contributed by atoms with Gasteiger partial charge in [0.15, 0.2) is 0 Å². The average Bonchev–Trinajstić information content (AvgIpc) is 2.49. The summed E-state index contributed by atoms with van der Waals surface area (Å²) in [5.41, 5.74) is 0. The van der Waals surface area contributed by atoms with Crippen molar-refractivity contribution in [2.45, 2.75) is 70.4 Å². The van der Waals surface area contributed by atoms with Gasteiger partial charge in [0, 0.05) is 25.2 Å². The number of hydrogen-bond donors (Lipinski definition) is 1. The molecule has 2 fully saturated rings. The molecule has 0 aromatic heterocycles. The summed E-state index contributed by atoms with van der Waals surface area (Å²) in [4.78, 5) is 2.85. The highest BCUT2D eigenvalue weighted by Gasteiger charge is 2.33. The molecular weight excluding hydrogens is 264 g/mol. The Morgan fingerprint density at radius 2 is 2.00 bits per heavy atom. The van der Waals surface area contributed by atoms with E-state index in [4.69, 9.17) is 0 Å². The van der Waals surface area contributed by atoms with Crippen LogP contribution in [-0.2, 0) is 0 Å². The molecule has 0 aromatic carbocycles. The van der Waals surface area contributed by atoms with E-state index in [9.17, 15) is 0 Å². The topological polar surface area (TPSA) is 15.3 Å². The van der Waals surface area contributed by atoms with Gasteiger partial charge in [-0.15, -0.1) is 0 Å². The van der Waals surface area contributed by atoms with Crippen LogP contribution in [0.15, 0.2) is 0 Å². The zero-order valence-electron chi connectivity index (χ0n) is 13.6. The highest BCUT2D eigenvalue weighted by molar-refractivity contribution is 7.98. The zero-order chi connectivity index (χ0) is 14.2. The van der Waals surface area contributed by atoms with Crippen LogP contribution in [0.3, 0.4) is 0 Å². The fourth-order valence-corrected chi connectivity index (χ4v) is 4.51. The summed E-state index contributed by atoms with van der Waals surface area (Å²) in [5, 5.41) is 3.84. The van der Waals surface area contributed by atoms with Crippen LogP contribution in [0.4, 0.5) is 0 Å². The fourth-order valence-electron chi connectivity index (χ4n) is 4.09. The maximum Gasteiger partial charge on any atom is 0.0249 e. The van der Waals surface area contributed by atoms with Gasteiger partial charge in [-0.25, -0.2) is 0 Å². The van der Waals surface area contributed by atoms with Crippen molar-refractivity contribution >= 4 is 11.8 Å². The van der Waals surface area contributed by atoms with Crippen molar-refractivity contribution in [3.05, 3.63) is 0 Å². The highest BCUT2D eigenvalue weighted by atomic mass is 32.2. The van der Waals surface area contributed by atoms with E-state index >= 15 is 0 Å². The number of nitrogens with one attached hydrogen (secondary N) is 1. The van der Waals surface area contributed by atoms with Crippen LogP contribution in [0.2, 0.25) is 0 Å². The monoisotopic (exact) mass is 298 g/mol. The summed E-state index contributed by atoms with van der Waals surface area (Å²) in [6.45, 7) is 6.18. The van der Waals surface area contributed by atoms with Gasteiger partial charge < -0.3 is 5.32 Å². The van der Waals surface area contributed by atoms with Gasteiger partial charge in [-0.2, -0.15) is 11.8 Å². The third kappa shape index (κ3) is 4.92. The lowest BCUT2D eigenvalue weighted by atomic mass is 9.82. The number of nitrogens with zero attached hydrogens (tertiary/aromatic N) is 1. The molecule has 2 atom stereocenters. The second kappa shape index (κ2) is 9.32. The van der Waals surface area contributed by atoms with Gasteiger partial charge in [0.25, 0.3) is 0 Å². The smallest absolute Gasteiger partial charge is 0.0249 e. The van der Waals surface area contributed by atoms with Gasteiger partial charge in [0.2, 0.25) is 0 Å². The third-order valence-electron chi connectivity index (χ3n) is 5.16. The Labute approximate surface area is 130 Å². The minimum absolute atomic E-state index is 0.745. The van der Waals surface area contributed by atoms with Crippen molar-refractivity contribution in [2.24, 2.45) is 5.92 Å². The van der Waals surface area contributed by atoms with Crippen molar-refractivity contribution in [3.63, 3.8) is 0 Å². The Morgan fingerprint density at radius 3 is 2.70 bits per heavy atom. The summed E-state index contributed by atoms with van der Waals surface area (Å²) in [6.07, 6.45) is 13.6. The first-order chi connectivity index (χ1) is 9.85. The summed E-state index contributed by atoms with van der Waals surface area (Å²) in [6, 6.07) is 1.57. The molecule has 118 valence electrons. The fraction of sp³-hybridized carbons (Fsp3) is 1.00. The molecule has 3 heteroatoms. The second-order valence-corrected chi connectivity index (χ2v) is 7.69. The molecule has 0 spiro atoms. The van der Waals surface area contributed by atoms with Crippen molar-refractivity contribution in [1.29, 1.82) is 0 Å². The lowest BCUT2D eigenvalue weighted by molar-refractivity contribution is 0.0701. The van der Waals surface area contributed by atoms with Crippen molar-refractivity contribution in [3.8, 4) is 0 Å². The van der Waals surface area contributed by atoms with Gasteiger partial charge >= 0.3 is 0 Å². The molecule has 2 rings (SSSR count). The molecule has 0 bridgehead atoms. The zero-order valence-corrected chi connectivity index (χ0v) is 14.4. The van der Waals surface area contributed by atoms with Crippen LogP contribution < -0.4 is 5.32 Å². The van der Waals surface area contributed by atoms with Gasteiger partial charge in [-0.3, -0.25) is 4.90 Å². The molecule has 2 aliphatic rings. The Kier molecular flexibility index (Phi) is 7.75. The van der Waals surface area contributed by atoms with Crippen LogP contribution in [0, 0.1) is 5.92 Å². The Morgan fingerprint density at radius 1 is 1.20 bits per heavy atom. The Balaban J connectivity index is 1.89. The largest absolute Gasteiger partial charge is 0.311 e. The van der Waals surface area contributed by atoms with Gasteiger partial charge in [0.1, 0.15) is 0 Å². The third-order valence-corrected chi connectivity index (χ3v) is 5.86. The molecule has 2 nitrogen and oxygen atoms in total. The molecule has 1 saturated heterocycles. The molecule has 2 unspecified atom stereocenters. The standard InChI is InChI=1S/C17H34N2S/c1-3-8-16-14-19(11-7-12-20-2)17(13-18-16)15-9-5-4-6-10-15/h15-18H,3-14H2,1-2H3. The van der Waals surface area contributed by atoms with Crippen molar-refractivity contribution in [1.82, 2.24) is 10.2 Å². The van der Waals surface area contributed by atoms with E-state index in [0.717, 1.165) is 18.0 Å². The van der Waals surface area contributed by atoms with E-state index in [0.29, 0.717) is 0 Å².